The van der Waals surface area contributed by atoms with Crippen molar-refractivity contribution in [2.45, 2.75) is 0 Å². The lowest BCUT2D eigenvalue weighted by molar-refractivity contribution is 0.0731. The van der Waals surface area contributed by atoms with Gasteiger partial charge in [-0.05, 0) is 18.2 Å². The molecule has 0 bridgehead atoms. The van der Waals surface area contributed by atoms with Crippen molar-refractivity contribution in [1.29, 1.82) is 0 Å². The Morgan fingerprint density at radius 1 is 1.22 bits per heavy atom. The van der Waals surface area contributed by atoms with Crippen LogP contribution < -0.4 is 14.8 Å². The van der Waals surface area contributed by atoms with Gasteiger partial charge in [0.25, 0.3) is 5.91 Å². The van der Waals surface area contributed by atoms with Crippen molar-refractivity contribution in [3.63, 3.8) is 0 Å². The number of carbonyl (C=O) groups excluding carboxylic acids is 1. The number of carbonyl (C=O) groups is 1. The number of hydrogen-bond acceptors (Lipinski definition) is 6. The summed E-state index contributed by atoms with van der Waals surface area (Å²) in [5.41, 5.74) is 1.45. The summed E-state index contributed by atoms with van der Waals surface area (Å²) < 4.78 is 10.7. The first-order chi connectivity index (χ1) is 10.8. The highest BCUT2D eigenvalue weighted by Gasteiger charge is 2.21. The van der Waals surface area contributed by atoms with Gasteiger partial charge in [-0.2, -0.15) is 0 Å². The third-order valence-corrected chi connectivity index (χ3v) is 4.64. The van der Waals surface area contributed by atoms with Crippen LogP contribution in [-0.2, 0) is 0 Å². The molecule has 4 rings (SSSR count). The molecule has 23 heavy (non-hydrogen) atoms. The van der Waals surface area contributed by atoms with E-state index in [1.165, 1.54) is 11.3 Å². The smallest absolute Gasteiger partial charge is 0.273 e. The number of fused-ring (bicyclic) bond motifs is 1. The van der Waals surface area contributed by atoms with E-state index < -0.39 is 0 Å². The Morgan fingerprint density at radius 3 is 2.83 bits per heavy atom. The average molecular weight is 354 g/mol. The minimum Gasteiger partial charge on any atom is -0.454 e. The molecule has 1 N–H and O–H groups in total. The van der Waals surface area contributed by atoms with Crippen LogP contribution in [0, 0.1) is 0 Å². The number of nitrogens with one attached hydrogen (secondary N) is 1. The fourth-order valence-electron chi connectivity index (χ4n) is 2.56. The molecule has 0 atom stereocenters. The first kappa shape index (κ1) is 16.0. The standard InChI is InChI=1S/C15H15N3O3S.ClH/c19-15(18-5-3-16-4-6-18)11-8-22-14(17-11)10-1-2-12-13(7-10)21-9-20-12;/h1-2,7-8,16H,3-6,9H2;1H. The van der Waals surface area contributed by atoms with Crippen molar-refractivity contribution in [3.8, 4) is 22.1 Å². The molecular weight excluding hydrogens is 338 g/mol. The number of benzene rings is 1. The summed E-state index contributed by atoms with van der Waals surface area (Å²) in [6.07, 6.45) is 0. The molecule has 0 radical (unpaired) electrons. The summed E-state index contributed by atoms with van der Waals surface area (Å²) >= 11 is 1.47. The Hall–Kier alpha value is -1.83. The summed E-state index contributed by atoms with van der Waals surface area (Å²) in [6.45, 7) is 3.39. The molecule has 6 nitrogen and oxygen atoms in total. The summed E-state index contributed by atoms with van der Waals surface area (Å²) in [4.78, 5) is 18.8. The highest BCUT2D eigenvalue weighted by Crippen LogP contribution is 2.36. The van der Waals surface area contributed by atoms with Crippen LogP contribution in [0.4, 0.5) is 0 Å². The summed E-state index contributed by atoms with van der Waals surface area (Å²) in [5, 5.41) is 5.88. The molecule has 1 aromatic heterocycles. The fourth-order valence-corrected chi connectivity index (χ4v) is 3.35. The van der Waals surface area contributed by atoms with Crippen molar-refractivity contribution >= 4 is 29.7 Å². The predicted molar refractivity (Wildman–Crippen MR) is 89.7 cm³/mol. The van der Waals surface area contributed by atoms with Crippen LogP contribution in [0.15, 0.2) is 23.6 Å². The van der Waals surface area contributed by atoms with Crippen LogP contribution >= 0.6 is 23.7 Å². The van der Waals surface area contributed by atoms with Gasteiger partial charge >= 0.3 is 0 Å². The molecule has 3 heterocycles. The second-order valence-electron chi connectivity index (χ2n) is 5.15. The predicted octanol–water partition coefficient (Wildman–Crippen LogP) is 2.01. The van der Waals surface area contributed by atoms with Gasteiger partial charge in [0, 0.05) is 37.1 Å². The molecule has 2 aliphatic rings. The van der Waals surface area contributed by atoms with Gasteiger partial charge in [-0.3, -0.25) is 4.79 Å². The zero-order chi connectivity index (χ0) is 14.9. The maximum Gasteiger partial charge on any atom is 0.273 e. The first-order valence-corrected chi connectivity index (χ1v) is 8.05. The number of aromatic nitrogens is 1. The van der Waals surface area contributed by atoms with Gasteiger partial charge in [0.05, 0.1) is 0 Å². The Balaban J connectivity index is 0.00000156. The molecule has 1 aromatic carbocycles. The molecule has 122 valence electrons. The van der Waals surface area contributed by atoms with Crippen LogP contribution in [0.3, 0.4) is 0 Å². The molecule has 2 aliphatic heterocycles. The van der Waals surface area contributed by atoms with Gasteiger partial charge in [0.1, 0.15) is 10.7 Å². The number of amides is 1. The van der Waals surface area contributed by atoms with E-state index in [0.29, 0.717) is 5.69 Å². The Bertz CT molecular complexity index is 716. The second kappa shape index (κ2) is 6.74. The van der Waals surface area contributed by atoms with E-state index in [0.717, 1.165) is 48.2 Å². The Morgan fingerprint density at radius 2 is 2.00 bits per heavy atom. The lowest BCUT2D eigenvalue weighted by Gasteiger charge is -2.26. The molecule has 1 fully saturated rings. The minimum atomic E-state index is 0. The highest BCUT2D eigenvalue weighted by molar-refractivity contribution is 7.13. The summed E-state index contributed by atoms with van der Waals surface area (Å²) in [6, 6.07) is 5.71. The molecule has 8 heteroatoms. The maximum absolute atomic E-state index is 12.4. The molecule has 0 unspecified atom stereocenters. The Kier molecular flexibility index (Phi) is 4.70. The molecule has 0 spiro atoms. The van der Waals surface area contributed by atoms with Crippen LogP contribution in [0.1, 0.15) is 10.5 Å². The van der Waals surface area contributed by atoms with E-state index in [-0.39, 0.29) is 25.1 Å². The first-order valence-electron chi connectivity index (χ1n) is 7.17. The van der Waals surface area contributed by atoms with E-state index in [9.17, 15) is 4.79 Å². The largest absolute Gasteiger partial charge is 0.454 e. The van der Waals surface area contributed by atoms with Crippen molar-refractivity contribution in [3.05, 3.63) is 29.3 Å². The zero-order valence-electron chi connectivity index (χ0n) is 12.3. The van der Waals surface area contributed by atoms with E-state index in [1.807, 2.05) is 28.5 Å². The molecule has 0 aliphatic carbocycles. The number of piperazine rings is 1. The summed E-state index contributed by atoms with van der Waals surface area (Å²) in [5.74, 6) is 1.48. The number of rotatable bonds is 2. The van der Waals surface area contributed by atoms with Gasteiger partial charge in [-0.1, -0.05) is 0 Å². The maximum atomic E-state index is 12.4. The minimum absolute atomic E-state index is 0. The van der Waals surface area contributed by atoms with Gasteiger partial charge in [-0.15, -0.1) is 23.7 Å². The van der Waals surface area contributed by atoms with Gasteiger partial charge < -0.3 is 19.7 Å². The van der Waals surface area contributed by atoms with Crippen molar-refractivity contribution in [2.24, 2.45) is 0 Å². The van der Waals surface area contributed by atoms with E-state index in [2.05, 4.69) is 10.3 Å². The quantitative estimate of drug-likeness (QED) is 0.894. The van der Waals surface area contributed by atoms with E-state index in [1.54, 1.807) is 0 Å². The van der Waals surface area contributed by atoms with Gasteiger partial charge in [-0.25, -0.2) is 4.98 Å². The zero-order valence-corrected chi connectivity index (χ0v) is 13.9. The lowest BCUT2D eigenvalue weighted by atomic mass is 10.2. The van der Waals surface area contributed by atoms with Crippen molar-refractivity contribution in [2.75, 3.05) is 33.0 Å². The fraction of sp³-hybridized carbons (Fsp3) is 0.333. The van der Waals surface area contributed by atoms with Crippen molar-refractivity contribution < 1.29 is 14.3 Å². The normalized spacial score (nSPS) is 16.1. The number of halogens is 1. The van der Waals surface area contributed by atoms with Crippen molar-refractivity contribution in [1.82, 2.24) is 15.2 Å². The number of nitrogens with zero attached hydrogens (tertiary/aromatic N) is 2. The highest BCUT2D eigenvalue weighted by atomic mass is 35.5. The molecular formula is C15H16ClN3O3S. The number of ether oxygens (including phenoxy) is 2. The average Bonchev–Trinajstić information content (AvgIpc) is 3.23. The lowest BCUT2D eigenvalue weighted by Crippen LogP contribution is -2.46. The van der Waals surface area contributed by atoms with Crippen LogP contribution in [0.5, 0.6) is 11.5 Å². The Labute approximate surface area is 143 Å². The monoisotopic (exact) mass is 353 g/mol. The van der Waals surface area contributed by atoms with Crippen LogP contribution in [-0.4, -0.2) is 48.8 Å². The second-order valence-corrected chi connectivity index (χ2v) is 6.01. The SMILES string of the molecule is Cl.O=C(c1csc(-c2ccc3c(c2)OCO3)n1)N1CCNCC1. The van der Waals surface area contributed by atoms with Gasteiger partial charge in [0.2, 0.25) is 6.79 Å². The van der Waals surface area contributed by atoms with Gasteiger partial charge in [0.15, 0.2) is 11.5 Å². The van der Waals surface area contributed by atoms with Crippen LogP contribution in [0.2, 0.25) is 0 Å². The molecule has 1 amide bonds. The number of thiazole rings is 1. The molecule has 1 saturated heterocycles. The third-order valence-electron chi connectivity index (χ3n) is 3.75. The molecule has 0 saturated carbocycles. The molecule has 2 aromatic rings. The topological polar surface area (TPSA) is 63.7 Å². The summed E-state index contributed by atoms with van der Waals surface area (Å²) in [7, 11) is 0. The third kappa shape index (κ3) is 3.12. The van der Waals surface area contributed by atoms with E-state index >= 15 is 0 Å². The van der Waals surface area contributed by atoms with E-state index in [4.69, 9.17) is 9.47 Å². The van der Waals surface area contributed by atoms with Crippen LogP contribution in [0.25, 0.3) is 10.6 Å². The number of hydrogen-bond donors (Lipinski definition) is 1.